The van der Waals surface area contributed by atoms with Gasteiger partial charge in [-0.05, 0) is 56.4 Å². The summed E-state index contributed by atoms with van der Waals surface area (Å²) in [5.41, 5.74) is 2.06. The molecule has 2 fully saturated rings. The molecule has 0 amide bonds. The van der Waals surface area contributed by atoms with E-state index in [0.717, 1.165) is 43.1 Å². The van der Waals surface area contributed by atoms with Crippen LogP contribution in [0, 0.1) is 11.7 Å². The van der Waals surface area contributed by atoms with Crippen LogP contribution in [-0.2, 0) is 6.61 Å². The Morgan fingerprint density at radius 2 is 1.85 bits per heavy atom. The minimum Gasteiger partial charge on any atom is -0.486 e. The second kappa shape index (κ2) is 8.19. The first-order valence-electron chi connectivity index (χ1n) is 9.70. The zero-order chi connectivity index (χ0) is 17.8. The molecule has 2 N–H and O–H groups in total. The maximum Gasteiger partial charge on any atom is 0.165 e. The number of piperidine rings is 1. The van der Waals surface area contributed by atoms with Crippen molar-refractivity contribution in [3.63, 3.8) is 0 Å². The van der Waals surface area contributed by atoms with E-state index in [1.54, 1.807) is 6.07 Å². The molecule has 0 aromatic heterocycles. The smallest absolute Gasteiger partial charge is 0.165 e. The zero-order valence-corrected chi connectivity index (χ0v) is 15.1. The second-order valence-corrected chi connectivity index (χ2v) is 7.48. The molecule has 0 spiro atoms. The van der Waals surface area contributed by atoms with Gasteiger partial charge in [0.15, 0.2) is 11.6 Å². The van der Waals surface area contributed by atoms with Gasteiger partial charge >= 0.3 is 0 Å². The Balaban J connectivity index is 1.37. The molecule has 2 atom stereocenters. The van der Waals surface area contributed by atoms with Crippen LogP contribution in [0.2, 0.25) is 0 Å². The molecule has 138 valence electrons. The molecule has 4 heteroatoms. The summed E-state index contributed by atoms with van der Waals surface area (Å²) in [5, 5.41) is 7.10. The van der Waals surface area contributed by atoms with Crippen molar-refractivity contribution in [2.24, 2.45) is 5.92 Å². The molecule has 0 bridgehead atoms. The predicted octanol–water partition coefficient (Wildman–Crippen LogP) is 3.85. The van der Waals surface area contributed by atoms with Gasteiger partial charge in [-0.25, -0.2) is 4.39 Å². The van der Waals surface area contributed by atoms with Crippen molar-refractivity contribution in [3.8, 4) is 5.75 Å². The predicted molar refractivity (Wildman–Crippen MR) is 102 cm³/mol. The largest absolute Gasteiger partial charge is 0.486 e. The molecule has 1 saturated heterocycles. The summed E-state index contributed by atoms with van der Waals surface area (Å²) < 4.78 is 20.3. The SMILES string of the molecule is Fc1cccc(C2CC2NCC2CCNCC2)c1OCc1ccccc1. The molecule has 1 aliphatic carbocycles. The number of para-hydroxylation sites is 1. The van der Waals surface area contributed by atoms with Gasteiger partial charge in [0, 0.05) is 17.5 Å². The van der Waals surface area contributed by atoms with E-state index in [-0.39, 0.29) is 5.82 Å². The fourth-order valence-electron chi connectivity index (χ4n) is 3.87. The van der Waals surface area contributed by atoms with Crippen molar-refractivity contribution in [2.45, 2.75) is 37.8 Å². The molecule has 4 rings (SSSR count). The Kier molecular flexibility index (Phi) is 5.51. The van der Waals surface area contributed by atoms with Crippen LogP contribution in [-0.4, -0.2) is 25.7 Å². The Bertz CT molecular complexity index is 715. The third-order valence-electron chi connectivity index (χ3n) is 5.54. The monoisotopic (exact) mass is 354 g/mol. The third kappa shape index (κ3) is 4.25. The number of ether oxygens (including phenoxy) is 1. The first-order valence-corrected chi connectivity index (χ1v) is 9.70. The number of halogens is 1. The van der Waals surface area contributed by atoms with E-state index in [1.807, 2.05) is 36.4 Å². The molecule has 2 aromatic carbocycles. The highest BCUT2D eigenvalue weighted by atomic mass is 19.1. The number of hydrogen-bond acceptors (Lipinski definition) is 3. The van der Waals surface area contributed by atoms with Crippen LogP contribution >= 0.6 is 0 Å². The molecule has 3 nitrogen and oxygen atoms in total. The van der Waals surface area contributed by atoms with E-state index in [9.17, 15) is 4.39 Å². The summed E-state index contributed by atoms with van der Waals surface area (Å²) in [6.45, 7) is 3.72. The van der Waals surface area contributed by atoms with Gasteiger partial charge < -0.3 is 15.4 Å². The first kappa shape index (κ1) is 17.5. The minimum atomic E-state index is -0.262. The molecule has 2 aliphatic rings. The maximum atomic E-state index is 14.4. The number of benzene rings is 2. The highest BCUT2D eigenvalue weighted by molar-refractivity contribution is 5.42. The van der Waals surface area contributed by atoms with E-state index in [4.69, 9.17) is 4.74 Å². The Morgan fingerprint density at radius 3 is 2.65 bits per heavy atom. The van der Waals surface area contributed by atoms with E-state index in [2.05, 4.69) is 10.6 Å². The van der Waals surface area contributed by atoms with Crippen LogP contribution < -0.4 is 15.4 Å². The Morgan fingerprint density at radius 1 is 1.04 bits per heavy atom. The number of nitrogens with one attached hydrogen (secondary N) is 2. The van der Waals surface area contributed by atoms with Crippen molar-refractivity contribution in [1.82, 2.24) is 10.6 Å². The van der Waals surface area contributed by atoms with Crippen molar-refractivity contribution in [1.29, 1.82) is 0 Å². The van der Waals surface area contributed by atoms with Crippen LogP contribution in [0.25, 0.3) is 0 Å². The molecule has 2 unspecified atom stereocenters. The van der Waals surface area contributed by atoms with Gasteiger partial charge in [-0.1, -0.05) is 42.5 Å². The lowest BCUT2D eigenvalue weighted by molar-refractivity contribution is 0.286. The van der Waals surface area contributed by atoms with Gasteiger partial charge in [0.2, 0.25) is 0 Å². The lowest BCUT2D eigenvalue weighted by Gasteiger charge is -2.23. The van der Waals surface area contributed by atoms with Crippen LogP contribution in [0.15, 0.2) is 48.5 Å². The first-order chi connectivity index (χ1) is 12.8. The molecule has 26 heavy (non-hydrogen) atoms. The second-order valence-electron chi connectivity index (χ2n) is 7.48. The van der Waals surface area contributed by atoms with Crippen LogP contribution in [0.5, 0.6) is 5.75 Å². The van der Waals surface area contributed by atoms with Gasteiger partial charge in [-0.3, -0.25) is 0 Å². The molecular formula is C22H27FN2O. The summed E-state index contributed by atoms with van der Waals surface area (Å²) in [6, 6.07) is 15.7. The normalized spacial score (nSPS) is 23.0. The molecule has 1 heterocycles. The zero-order valence-electron chi connectivity index (χ0n) is 15.1. The van der Waals surface area contributed by atoms with E-state index in [1.165, 1.54) is 18.9 Å². The summed E-state index contributed by atoms with van der Waals surface area (Å²) in [6.07, 6.45) is 3.56. The average molecular weight is 354 g/mol. The van der Waals surface area contributed by atoms with Crippen LogP contribution in [0.1, 0.15) is 36.3 Å². The minimum absolute atomic E-state index is 0.262. The van der Waals surface area contributed by atoms with Crippen molar-refractivity contribution >= 4 is 0 Å². The van der Waals surface area contributed by atoms with Crippen molar-refractivity contribution in [2.75, 3.05) is 19.6 Å². The number of hydrogen-bond donors (Lipinski definition) is 2. The standard InChI is InChI=1S/C22H27FN2O/c23-20-8-4-7-18(22(20)26-15-17-5-2-1-3-6-17)19-13-21(19)25-14-16-9-11-24-12-10-16/h1-8,16,19,21,24-25H,9-15H2. The van der Waals surface area contributed by atoms with Crippen LogP contribution in [0.3, 0.4) is 0 Å². The lowest BCUT2D eigenvalue weighted by atomic mass is 9.98. The molecular weight excluding hydrogens is 327 g/mol. The Hall–Kier alpha value is -1.91. The quantitative estimate of drug-likeness (QED) is 0.792. The maximum absolute atomic E-state index is 14.4. The van der Waals surface area contributed by atoms with Crippen LogP contribution in [0.4, 0.5) is 4.39 Å². The van der Waals surface area contributed by atoms with Gasteiger partial charge in [0.25, 0.3) is 0 Å². The van der Waals surface area contributed by atoms with Gasteiger partial charge in [0.05, 0.1) is 0 Å². The Labute approximate surface area is 155 Å². The van der Waals surface area contributed by atoms with Gasteiger partial charge in [0.1, 0.15) is 6.61 Å². The summed E-state index contributed by atoms with van der Waals surface area (Å²) in [4.78, 5) is 0. The molecule has 1 aliphatic heterocycles. The highest BCUT2D eigenvalue weighted by Crippen LogP contribution is 2.45. The summed E-state index contributed by atoms with van der Waals surface area (Å²) in [5.74, 6) is 1.28. The molecule has 0 radical (unpaired) electrons. The third-order valence-corrected chi connectivity index (χ3v) is 5.54. The lowest BCUT2D eigenvalue weighted by Crippen LogP contribution is -2.34. The molecule has 1 saturated carbocycles. The highest BCUT2D eigenvalue weighted by Gasteiger charge is 2.40. The fourth-order valence-corrected chi connectivity index (χ4v) is 3.87. The van der Waals surface area contributed by atoms with Gasteiger partial charge in [-0.15, -0.1) is 0 Å². The van der Waals surface area contributed by atoms with E-state index >= 15 is 0 Å². The molecule has 2 aromatic rings. The average Bonchev–Trinajstić information content (AvgIpc) is 3.46. The topological polar surface area (TPSA) is 33.3 Å². The van der Waals surface area contributed by atoms with E-state index < -0.39 is 0 Å². The summed E-state index contributed by atoms with van der Waals surface area (Å²) >= 11 is 0. The fraction of sp³-hybridized carbons (Fsp3) is 0.455. The number of rotatable bonds is 7. The summed E-state index contributed by atoms with van der Waals surface area (Å²) in [7, 11) is 0. The van der Waals surface area contributed by atoms with Crippen molar-refractivity contribution in [3.05, 3.63) is 65.5 Å². The van der Waals surface area contributed by atoms with Crippen molar-refractivity contribution < 1.29 is 9.13 Å². The van der Waals surface area contributed by atoms with E-state index in [0.29, 0.717) is 24.3 Å². The van der Waals surface area contributed by atoms with Gasteiger partial charge in [-0.2, -0.15) is 0 Å².